The SMILES string of the molecule is CCC(Nc1cc(SC)ncn1)c1nccs1. The molecule has 2 aromatic rings. The molecule has 0 bridgehead atoms. The summed E-state index contributed by atoms with van der Waals surface area (Å²) in [5.41, 5.74) is 0. The van der Waals surface area contributed by atoms with Crippen LogP contribution in [0.4, 0.5) is 5.82 Å². The first-order chi connectivity index (χ1) is 8.33. The molecule has 1 atom stereocenters. The number of anilines is 1. The Morgan fingerprint density at radius 3 is 2.94 bits per heavy atom. The van der Waals surface area contributed by atoms with Gasteiger partial charge in [-0.3, -0.25) is 0 Å². The van der Waals surface area contributed by atoms with Crippen LogP contribution in [0, 0.1) is 0 Å². The van der Waals surface area contributed by atoms with E-state index in [1.165, 1.54) is 0 Å². The Bertz CT molecular complexity index is 458. The first-order valence-electron chi connectivity index (χ1n) is 5.35. The number of nitrogens with one attached hydrogen (secondary N) is 1. The highest BCUT2D eigenvalue weighted by atomic mass is 32.2. The third kappa shape index (κ3) is 3.17. The first kappa shape index (κ1) is 12.3. The van der Waals surface area contributed by atoms with E-state index in [1.807, 2.05) is 23.9 Å². The maximum absolute atomic E-state index is 4.33. The van der Waals surface area contributed by atoms with Crippen molar-refractivity contribution in [3.8, 4) is 0 Å². The molecule has 0 saturated heterocycles. The largest absolute Gasteiger partial charge is 0.361 e. The Morgan fingerprint density at radius 2 is 2.29 bits per heavy atom. The van der Waals surface area contributed by atoms with Crippen LogP contribution in [0.15, 0.2) is 29.0 Å². The average molecular weight is 266 g/mol. The summed E-state index contributed by atoms with van der Waals surface area (Å²) in [6, 6.07) is 2.18. The van der Waals surface area contributed by atoms with E-state index in [4.69, 9.17) is 0 Å². The second kappa shape index (κ2) is 5.97. The molecule has 2 heterocycles. The van der Waals surface area contributed by atoms with Gasteiger partial charge in [-0.2, -0.15) is 0 Å². The third-order valence-corrected chi connectivity index (χ3v) is 3.86. The minimum atomic E-state index is 0.222. The topological polar surface area (TPSA) is 50.7 Å². The molecule has 17 heavy (non-hydrogen) atoms. The van der Waals surface area contributed by atoms with E-state index >= 15 is 0 Å². The van der Waals surface area contributed by atoms with Crippen molar-refractivity contribution in [2.45, 2.75) is 24.4 Å². The van der Waals surface area contributed by atoms with Gasteiger partial charge in [0.2, 0.25) is 0 Å². The van der Waals surface area contributed by atoms with Crippen LogP contribution in [0.5, 0.6) is 0 Å². The molecule has 0 radical (unpaired) electrons. The van der Waals surface area contributed by atoms with E-state index in [1.54, 1.807) is 29.4 Å². The number of hydrogen-bond acceptors (Lipinski definition) is 6. The summed E-state index contributed by atoms with van der Waals surface area (Å²) >= 11 is 3.27. The third-order valence-electron chi connectivity index (χ3n) is 2.33. The molecule has 2 aromatic heterocycles. The fourth-order valence-corrected chi connectivity index (χ4v) is 2.61. The van der Waals surface area contributed by atoms with Crippen molar-refractivity contribution < 1.29 is 0 Å². The summed E-state index contributed by atoms with van der Waals surface area (Å²) in [4.78, 5) is 12.7. The molecule has 0 aliphatic carbocycles. The van der Waals surface area contributed by atoms with Crippen molar-refractivity contribution in [3.05, 3.63) is 29.0 Å². The van der Waals surface area contributed by atoms with Crippen LogP contribution in [0.1, 0.15) is 24.4 Å². The van der Waals surface area contributed by atoms with Crippen LogP contribution in [0.25, 0.3) is 0 Å². The normalized spacial score (nSPS) is 12.4. The van der Waals surface area contributed by atoms with Gasteiger partial charge < -0.3 is 5.32 Å². The molecular formula is C11H14N4S2. The van der Waals surface area contributed by atoms with Gasteiger partial charge in [-0.25, -0.2) is 15.0 Å². The molecule has 1 unspecified atom stereocenters. The van der Waals surface area contributed by atoms with Crippen molar-refractivity contribution in [3.63, 3.8) is 0 Å². The smallest absolute Gasteiger partial charge is 0.131 e. The van der Waals surface area contributed by atoms with Crippen LogP contribution >= 0.6 is 23.1 Å². The lowest BCUT2D eigenvalue weighted by Gasteiger charge is -2.14. The van der Waals surface area contributed by atoms with Crippen molar-refractivity contribution in [1.82, 2.24) is 15.0 Å². The van der Waals surface area contributed by atoms with E-state index in [0.717, 1.165) is 22.3 Å². The summed E-state index contributed by atoms with van der Waals surface area (Å²) in [6.07, 6.45) is 6.40. The molecule has 90 valence electrons. The number of hydrogen-bond donors (Lipinski definition) is 1. The molecule has 0 aliphatic rings. The minimum absolute atomic E-state index is 0.222. The highest BCUT2D eigenvalue weighted by molar-refractivity contribution is 7.98. The van der Waals surface area contributed by atoms with Gasteiger partial charge in [0.15, 0.2) is 0 Å². The number of nitrogens with zero attached hydrogens (tertiary/aromatic N) is 3. The van der Waals surface area contributed by atoms with Gasteiger partial charge in [0.25, 0.3) is 0 Å². The fraction of sp³-hybridized carbons (Fsp3) is 0.364. The zero-order valence-electron chi connectivity index (χ0n) is 9.75. The van der Waals surface area contributed by atoms with Crippen molar-refractivity contribution in [2.24, 2.45) is 0 Å². The number of thiazole rings is 1. The van der Waals surface area contributed by atoms with Crippen LogP contribution in [0.2, 0.25) is 0 Å². The predicted octanol–water partition coefficient (Wildman–Crippen LogP) is 3.22. The lowest BCUT2D eigenvalue weighted by molar-refractivity contribution is 0.735. The zero-order valence-corrected chi connectivity index (χ0v) is 11.4. The van der Waals surface area contributed by atoms with Gasteiger partial charge in [-0.15, -0.1) is 23.1 Å². The van der Waals surface area contributed by atoms with Crippen LogP contribution < -0.4 is 5.32 Å². The Labute approximate surface area is 109 Å². The molecule has 0 aliphatic heterocycles. The summed E-state index contributed by atoms with van der Waals surface area (Å²) in [6.45, 7) is 2.13. The highest BCUT2D eigenvalue weighted by Crippen LogP contribution is 2.24. The Kier molecular flexibility index (Phi) is 4.33. The molecule has 6 heteroatoms. The fourth-order valence-electron chi connectivity index (χ4n) is 1.45. The van der Waals surface area contributed by atoms with Crippen LogP contribution in [0.3, 0.4) is 0 Å². The van der Waals surface area contributed by atoms with Crippen LogP contribution in [-0.2, 0) is 0 Å². The van der Waals surface area contributed by atoms with Crippen molar-refractivity contribution in [1.29, 1.82) is 0 Å². The summed E-state index contributed by atoms with van der Waals surface area (Å²) < 4.78 is 0. The average Bonchev–Trinajstić information content (AvgIpc) is 2.90. The number of rotatable bonds is 5. The van der Waals surface area contributed by atoms with Gasteiger partial charge >= 0.3 is 0 Å². The van der Waals surface area contributed by atoms with Crippen molar-refractivity contribution in [2.75, 3.05) is 11.6 Å². The van der Waals surface area contributed by atoms with E-state index in [2.05, 4.69) is 27.2 Å². The lowest BCUT2D eigenvalue weighted by atomic mass is 10.2. The predicted molar refractivity (Wildman–Crippen MR) is 72.6 cm³/mol. The first-order valence-corrected chi connectivity index (χ1v) is 7.46. The van der Waals surface area contributed by atoms with Gasteiger partial charge in [0.1, 0.15) is 22.2 Å². The molecule has 0 aromatic carbocycles. The Hall–Kier alpha value is -1.14. The van der Waals surface area contributed by atoms with Gasteiger partial charge in [0, 0.05) is 17.6 Å². The molecule has 0 fully saturated rings. The van der Waals surface area contributed by atoms with Crippen LogP contribution in [-0.4, -0.2) is 21.2 Å². The van der Waals surface area contributed by atoms with Crippen molar-refractivity contribution >= 4 is 28.9 Å². The second-order valence-electron chi connectivity index (χ2n) is 3.42. The Balaban J connectivity index is 2.13. The zero-order chi connectivity index (χ0) is 12.1. The molecule has 1 N–H and O–H groups in total. The molecule has 4 nitrogen and oxygen atoms in total. The highest BCUT2D eigenvalue weighted by Gasteiger charge is 2.12. The standard InChI is InChI=1S/C11H14N4S2/c1-3-8(11-12-4-5-17-11)15-9-6-10(16-2)14-7-13-9/h4-8H,3H2,1-2H3,(H,13,14,15). The maximum atomic E-state index is 4.33. The summed E-state index contributed by atoms with van der Waals surface area (Å²) in [5.74, 6) is 0.853. The summed E-state index contributed by atoms with van der Waals surface area (Å²) in [5, 5.41) is 7.45. The lowest BCUT2D eigenvalue weighted by Crippen LogP contribution is -2.10. The molecule has 2 rings (SSSR count). The van der Waals surface area contributed by atoms with Gasteiger partial charge in [-0.05, 0) is 12.7 Å². The summed E-state index contributed by atoms with van der Waals surface area (Å²) in [7, 11) is 0. The monoisotopic (exact) mass is 266 g/mol. The van der Waals surface area contributed by atoms with E-state index in [0.29, 0.717) is 0 Å². The molecule has 0 saturated carbocycles. The molecular weight excluding hydrogens is 252 g/mol. The minimum Gasteiger partial charge on any atom is -0.361 e. The van der Waals surface area contributed by atoms with E-state index in [9.17, 15) is 0 Å². The number of aromatic nitrogens is 3. The maximum Gasteiger partial charge on any atom is 0.131 e. The Morgan fingerprint density at radius 1 is 1.41 bits per heavy atom. The van der Waals surface area contributed by atoms with Gasteiger partial charge in [0.05, 0.1) is 6.04 Å². The second-order valence-corrected chi connectivity index (χ2v) is 5.17. The van der Waals surface area contributed by atoms with Gasteiger partial charge in [-0.1, -0.05) is 6.92 Å². The number of thioether (sulfide) groups is 1. The molecule has 0 spiro atoms. The molecule has 0 amide bonds. The van der Waals surface area contributed by atoms with E-state index < -0.39 is 0 Å². The van der Waals surface area contributed by atoms with E-state index in [-0.39, 0.29) is 6.04 Å². The quantitative estimate of drug-likeness (QED) is 0.665.